The molecule has 6 atom stereocenters. The van der Waals surface area contributed by atoms with Gasteiger partial charge in [-0.1, -0.05) is 30.3 Å². The molecule has 6 unspecified atom stereocenters. The van der Waals surface area contributed by atoms with E-state index in [-0.39, 0.29) is 24.2 Å². The van der Waals surface area contributed by atoms with Gasteiger partial charge in [-0.25, -0.2) is 21.3 Å². The lowest BCUT2D eigenvalue weighted by Crippen LogP contribution is -2.55. The number of allylic oxidation sites excluding steroid dienone is 1. The lowest BCUT2D eigenvalue weighted by molar-refractivity contribution is -0.131. The number of hydrazine groups is 3. The van der Waals surface area contributed by atoms with Crippen LogP contribution in [0.3, 0.4) is 0 Å². The number of hydrogen-bond acceptors (Lipinski definition) is 7. The van der Waals surface area contributed by atoms with E-state index in [0.29, 0.717) is 18.0 Å². The van der Waals surface area contributed by atoms with Crippen LogP contribution in [0.15, 0.2) is 42.1 Å². The van der Waals surface area contributed by atoms with E-state index in [1.807, 2.05) is 18.2 Å². The van der Waals surface area contributed by atoms with Crippen molar-refractivity contribution in [1.29, 1.82) is 0 Å². The highest BCUT2D eigenvalue weighted by atomic mass is 16.2. The quantitative estimate of drug-likeness (QED) is 0.424. The fourth-order valence-electron chi connectivity index (χ4n) is 4.88. The van der Waals surface area contributed by atoms with Crippen LogP contribution >= 0.6 is 0 Å². The summed E-state index contributed by atoms with van der Waals surface area (Å²) in [6.45, 7) is 0. The maximum Gasteiger partial charge on any atom is 0.264 e. The van der Waals surface area contributed by atoms with Crippen molar-refractivity contribution in [1.82, 2.24) is 32.1 Å². The summed E-state index contributed by atoms with van der Waals surface area (Å²) in [5.74, 6) is 0.475. The Bertz CT molecular complexity index is 739. The molecule has 8 nitrogen and oxygen atoms in total. The first-order chi connectivity index (χ1) is 13.2. The molecule has 4 aliphatic rings. The summed E-state index contributed by atoms with van der Waals surface area (Å²) in [6.07, 6.45) is 5.38. The number of nitrogens with two attached hydrogens (primary N) is 1. The maximum atomic E-state index is 12.8. The third-order valence-corrected chi connectivity index (χ3v) is 6.38. The molecule has 0 spiro atoms. The molecule has 3 aliphatic heterocycles. The van der Waals surface area contributed by atoms with Gasteiger partial charge in [-0.15, -0.1) is 0 Å². The zero-order valence-electron chi connectivity index (χ0n) is 15.2. The van der Waals surface area contributed by atoms with Crippen LogP contribution in [-0.2, 0) is 11.2 Å². The molecular weight excluding hydrogens is 342 g/mol. The molecule has 3 heterocycles. The Morgan fingerprint density at radius 2 is 1.93 bits per heavy atom. The second-order valence-electron chi connectivity index (χ2n) is 8.04. The lowest BCUT2D eigenvalue weighted by Gasteiger charge is -2.38. The topological polar surface area (TPSA) is 106 Å². The van der Waals surface area contributed by atoms with Crippen molar-refractivity contribution in [3.63, 3.8) is 0 Å². The predicted octanol–water partition coefficient (Wildman–Crippen LogP) is -0.560. The van der Waals surface area contributed by atoms with Gasteiger partial charge in [0.2, 0.25) is 0 Å². The van der Waals surface area contributed by atoms with Crippen molar-refractivity contribution in [2.75, 3.05) is 0 Å². The third-order valence-electron chi connectivity index (χ3n) is 6.38. The van der Waals surface area contributed by atoms with E-state index in [1.165, 1.54) is 5.56 Å². The van der Waals surface area contributed by atoms with Crippen molar-refractivity contribution in [3.8, 4) is 0 Å². The van der Waals surface area contributed by atoms with E-state index in [0.717, 1.165) is 31.4 Å². The summed E-state index contributed by atoms with van der Waals surface area (Å²) in [4.78, 5) is 12.8. The Balaban J connectivity index is 1.33. The van der Waals surface area contributed by atoms with E-state index in [4.69, 9.17) is 5.73 Å². The number of nitrogens with zero attached hydrogens (tertiary/aromatic N) is 1. The smallest absolute Gasteiger partial charge is 0.264 e. The van der Waals surface area contributed by atoms with Crippen molar-refractivity contribution in [2.24, 2.45) is 17.6 Å². The second-order valence-corrected chi connectivity index (χ2v) is 8.04. The van der Waals surface area contributed by atoms with Gasteiger partial charge < -0.3 is 11.1 Å². The minimum atomic E-state index is -0.250. The van der Waals surface area contributed by atoms with Crippen LogP contribution < -0.4 is 32.9 Å². The summed E-state index contributed by atoms with van der Waals surface area (Å²) in [7, 11) is 0. The first-order valence-corrected chi connectivity index (χ1v) is 9.82. The van der Waals surface area contributed by atoms with Gasteiger partial charge in [-0.3, -0.25) is 4.79 Å². The van der Waals surface area contributed by atoms with Crippen LogP contribution in [0.2, 0.25) is 0 Å². The van der Waals surface area contributed by atoms with Gasteiger partial charge in [0.25, 0.3) is 5.91 Å². The normalized spacial score (nSPS) is 38.2. The fraction of sp³-hybridized carbons (Fsp3) is 0.526. The molecule has 1 aromatic carbocycles. The number of rotatable bonds is 3. The summed E-state index contributed by atoms with van der Waals surface area (Å²) in [5, 5.41) is 5.32. The molecule has 2 saturated heterocycles. The number of carbonyl (C=O) groups excluding carboxylic acids is 1. The van der Waals surface area contributed by atoms with Gasteiger partial charge in [0.1, 0.15) is 6.17 Å². The largest absolute Gasteiger partial charge is 0.367 e. The molecule has 7 N–H and O–H groups in total. The molecule has 144 valence electrons. The monoisotopic (exact) mass is 369 g/mol. The Labute approximate surface area is 158 Å². The van der Waals surface area contributed by atoms with Gasteiger partial charge in [0.05, 0.1) is 6.17 Å². The molecule has 0 radical (unpaired) electrons. The number of hydrogen-bond donors (Lipinski definition) is 6. The summed E-state index contributed by atoms with van der Waals surface area (Å²) >= 11 is 0. The average Bonchev–Trinajstić information content (AvgIpc) is 3.27. The molecule has 3 fully saturated rings. The number of benzene rings is 1. The number of amides is 1. The Morgan fingerprint density at radius 3 is 2.78 bits per heavy atom. The molecule has 1 saturated carbocycles. The zero-order valence-corrected chi connectivity index (χ0v) is 15.2. The number of fused-ring (bicyclic) bond motifs is 2. The molecule has 0 aromatic heterocycles. The van der Waals surface area contributed by atoms with E-state index >= 15 is 0 Å². The van der Waals surface area contributed by atoms with Gasteiger partial charge in [0.15, 0.2) is 0 Å². The van der Waals surface area contributed by atoms with Gasteiger partial charge in [0, 0.05) is 35.7 Å². The molecule has 1 amide bonds. The number of nitrogens with one attached hydrogen (secondary N) is 5. The first-order valence-electron chi connectivity index (χ1n) is 9.82. The van der Waals surface area contributed by atoms with E-state index < -0.39 is 0 Å². The van der Waals surface area contributed by atoms with Crippen molar-refractivity contribution in [2.45, 2.75) is 50.1 Å². The maximum absolute atomic E-state index is 12.8. The summed E-state index contributed by atoms with van der Waals surface area (Å²) < 4.78 is 0. The third kappa shape index (κ3) is 3.13. The number of carbonyl (C=O) groups is 1. The Kier molecular flexibility index (Phi) is 4.37. The average molecular weight is 369 g/mol. The van der Waals surface area contributed by atoms with E-state index in [9.17, 15) is 4.79 Å². The molecule has 1 aliphatic carbocycles. The molecule has 0 bridgehead atoms. The van der Waals surface area contributed by atoms with Gasteiger partial charge >= 0.3 is 0 Å². The van der Waals surface area contributed by atoms with Gasteiger partial charge in [-0.2, -0.15) is 5.53 Å². The second kappa shape index (κ2) is 6.88. The van der Waals surface area contributed by atoms with Gasteiger partial charge in [-0.05, 0) is 31.2 Å². The molecule has 27 heavy (non-hydrogen) atoms. The minimum absolute atomic E-state index is 0.00230. The lowest BCUT2D eigenvalue weighted by atomic mass is 9.80. The molecule has 1 aromatic rings. The van der Waals surface area contributed by atoms with Crippen molar-refractivity contribution >= 4 is 5.91 Å². The van der Waals surface area contributed by atoms with Crippen molar-refractivity contribution < 1.29 is 4.79 Å². The van der Waals surface area contributed by atoms with E-state index in [1.54, 1.807) is 11.1 Å². The van der Waals surface area contributed by atoms with Crippen LogP contribution in [0.1, 0.15) is 24.8 Å². The van der Waals surface area contributed by atoms with Crippen LogP contribution in [0, 0.1) is 11.8 Å². The fourth-order valence-corrected chi connectivity index (χ4v) is 4.88. The Hall–Kier alpha value is -1.97. The predicted molar refractivity (Wildman–Crippen MR) is 101 cm³/mol. The zero-order chi connectivity index (χ0) is 18.4. The van der Waals surface area contributed by atoms with Crippen LogP contribution in [0.25, 0.3) is 0 Å². The minimum Gasteiger partial charge on any atom is -0.367 e. The molecular formula is C19H27N7O. The van der Waals surface area contributed by atoms with Crippen molar-refractivity contribution in [3.05, 3.63) is 47.7 Å². The highest BCUT2D eigenvalue weighted by Gasteiger charge is 2.46. The van der Waals surface area contributed by atoms with Crippen LogP contribution in [0.4, 0.5) is 0 Å². The Morgan fingerprint density at radius 1 is 1.11 bits per heavy atom. The van der Waals surface area contributed by atoms with Crippen LogP contribution in [-0.4, -0.2) is 35.3 Å². The standard InChI is InChI=1S/C19H27N7O/c20-18-13(8-11-4-2-1-3-5-11)19-21-15(10-17(27)26(19)24-18)12-6-7-14-16(9-12)23-25-22-14/h1-5,10,12-14,16,18-19,21-25H,6-9,20H2. The van der Waals surface area contributed by atoms with Crippen LogP contribution in [0.5, 0.6) is 0 Å². The SMILES string of the molecule is NC1NN2C(=O)C=C(C3CCC4NNNC4C3)NC2C1Cc1ccccc1. The highest BCUT2D eigenvalue weighted by molar-refractivity contribution is 5.89. The summed E-state index contributed by atoms with van der Waals surface area (Å²) in [5.41, 5.74) is 21.4. The molecule has 8 heteroatoms. The summed E-state index contributed by atoms with van der Waals surface area (Å²) in [6, 6.07) is 11.2. The molecule has 5 rings (SSSR count). The highest BCUT2D eigenvalue weighted by Crippen LogP contribution is 2.34. The first kappa shape index (κ1) is 17.2. The van der Waals surface area contributed by atoms with E-state index in [2.05, 4.69) is 39.3 Å².